The molecule has 5 nitrogen and oxygen atoms in total. The van der Waals surface area contributed by atoms with Crippen LogP contribution in [0.15, 0.2) is 42.5 Å². The Morgan fingerprint density at radius 2 is 2.00 bits per heavy atom. The summed E-state index contributed by atoms with van der Waals surface area (Å²) in [6.07, 6.45) is 3.25. The number of amides is 2. The quantitative estimate of drug-likeness (QED) is 0.900. The van der Waals surface area contributed by atoms with Crippen molar-refractivity contribution in [1.82, 2.24) is 4.90 Å². The van der Waals surface area contributed by atoms with E-state index in [4.69, 9.17) is 0 Å². The molecule has 1 saturated heterocycles. The second kappa shape index (κ2) is 6.48. The van der Waals surface area contributed by atoms with E-state index in [0.717, 1.165) is 42.7 Å². The van der Waals surface area contributed by atoms with Gasteiger partial charge in [0.05, 0.1) is 11.3 Å². The largest absolute Gasteiger partial charge is 0.354 e. The zero-order valence-electron chi connectivity index (χ0n) is 15.2. The van der Waals surface area contributed by atoms with Crippen LogP contribution in [0.5, 0.6) is 0 Å². The van der Waals surface area contributed by atoms with Gasteiger partial charge in [0.15, 0.2) is 0 Å². The molecule has 2 aromatic rings. The summed E-state index contributed by atoms with van der Waals surface area (Å²) in [7, 11) is 2.01. The van der Waals surface area contributed by atoms with Crippen molar-refractivity contribution in [3.05, 3.63) is 59.2 Å². The number of carbonyl (C=O) groups excluding carboxylic acids is 2. The molecular formula is C21H23N3O2. The summed E-state index contributed by atoms with van der Waals surface area (Å²) in [6, 6.07) is 13.1. The number of nitrogens with one attached hydrogen (secondary N) is 1. The lowest BCUT2D eigenvalue weighted by Crippen LogP contribution is -2.55. The molecule has 0 unspecified atom stereocenters. The minimum Gasteiger partial charge on any atom is -0.354 e. The molecule has 0 saturated carbocycles. The van der Waals surface area contributed by atoms with Crippen LogP contribution < -0.4 is 10.2 Å². The van der Waals surface area contributed by atoms with Gasteiger partial charge in [-0.15, -0.1) is 0 Å². The van der Waals surface area contributed by atoms with Crippen molar-refractivity contribution >= 4 is 23.2 Å². The highest BCUT2D eigenvalue weighted by Gasteiger charge is 2.37. The van der Waals surface area contributed by atoms with Crippen molar-refractivity contribution in [2.45, 2.75) is 32.4 Å². The summed E-state index contributed by atoms with van der Waals surface area (Å²) in [5.74, 6) is -0.0845. The highest BCUT2D eigenvalue weighted by Crippen LogP contribution is 2.34. The molecule has 0 spiro atoms. The van der Waals surface area contributed by atoms with Gasteiger partial charge in [0, 0.05) is 24.8 Å². The molecule has 26 heavy (non-hydrogen) atoms. The Hall–Kier alpha value is -2.82. The number of fused-ring (bicyclic) bond motifs is 2. The Morgan fingerprint density at radius 3 is 2.81 bits per heavy atom. The number of benzene rings is 2. The average molecular weight is 349 g/mol. The van der Waals surface area contributed by atoms with Gasteiger partial charge in [-0.1, -0.05) is 12.1 Å². The zero-order chi connectivity index (χ0) is 18.3. The van der Waals surface area contributed by atoms with Crippen LogP contribution in [-0.4, -0.2) is 36.5 Å². The summed E-state index contributed by atoms with van der Waals surface area (Å²) >= 11 is 0. The zero-order valence-corrected chi connectivity index (χ0v) is 15.2. The molecule has 2 aliphatic heterocycles. The molecule has 2 amide bonds. The first-order valence-electron chi connectivity index (χ1n) is 9.10. The van der Waals surface area contributed by atoms with E-state index in [9.17, 15) is 9.59 Å². The molecule has 0 aliphatic carbocycles. The molecule has 4 rings (SSSR count). The van der Waals surface area contributed by atoms with Crippen LogP contribution >= 0.6 is 0 Å². The molecule has 2 aliphatic rings. The van der Waals surface area contributed by atoms with Gasteiger partial charge < -0.3 is 15.1 Å². The molecule has 2 heterocycles. The van der Waals surface area contributed by atoms with Crippen molar-refractivity contribution in [2.75, 3.05) is 23.8 Å². The Labute approximate surface area is 153 Å². The average Bonchev–Trinajstić information content (AvgIpc) is 2.65. The Morgan fingerprint density at radius 1 is 1.15 bits per heavy atom. The maximum absolute atomic E-state index is 12.8. The van der Waals surface area contributed by atoms with Gasteiger partial charge in [-0.05, 0) is 62.1 Å². The summed E-state index contributed by atoms with van der Waals surface area (Å²) in [5.41, 5.74) is 3.95. The van der Waals surface area contributed by atoms with E-state index in [1.165, 1.54) is 0 Å². The monoisotopic (exact) mass is 349 g/mol. The fraction of sp³-hybridized carbons (Fsp3) is 0.333. The van der Waals surface area contributed by atoms with Crippen molar-refractivity contribution in [2.24, 2.45) is 0 Å². The lowest BCUT2D eigenvalue weighted by molar-refractivity contribution is 0.0589. The van der Waals surface area contributed by atoms with Crippen LogP contribution in [-0.2, 0) is 0 Å². The highest BCUT2D eigenvalue weighted by atomic mass is 16.2. The first-order valence-corrected chi connectivity index (χ1v) is 9.10. The first-order chi connectivity index (χ1) is 12.5. The van der Waals surface area contributed by atoms with Crippen LogP contribution in [0.25, 0.3) is 0 Å². The smallest absolute Gasteiger partial charge is 0.257 e. The number of aryl methyl sites for hydroxylation is 1. The van der Waals surface area contributed by atoms with Gasteiger partial charge in [0.25, 0.3) is 11.8 Å². The van der Waals surface area contributed by atoms with Crippen LogP contribution in [0.2, 0.25) is 0 Å². The van der Waals surface area contributed by atoms with E-state index in [0.29, 0.717) is 11.1 Å². The molecule has 5 heteroatoms. The summed E-state index contributed by atoms with van der Waals surface area (Å²) < 4.78 is 0. The summed E-state index contributed by atoms with van der Waals surface area (Å²) in [6.45, 7) is 2.80. The standard InChI is InChI=1S/C21H23N3O2/c1-14-6-5-7-16(12-14)22-20(25)15-9-10-17-18(13-15)23(2)19-8-3-4-11-24(19)21(17)26/h5-7,9-10,12-13,19H,3-4,8,11H2,1-2H3,(H,22,25)/t19-/m0/s1. The molecule has 134 valence electrons. The Bertz CT molecular complexity index is 877. The number of hydrogen-bond acceptors (Lipinski definition) is 3. The third kappa shape index (κ3) is 2.83. The van der Waals surface area contributed by atoms with Gasteiger partial charge >= 0.3 is 0 Å². The molecule has 2 aromatic carbocycles. The van der Waals surface area contributed by atoms with E-state index in [-0.39, 0.29) is 18.0 Å². The van der Waals surface area contributed by atoms with Gasteiger partial charge in [-0.3, -0.25) is 9.59 Å². The van der Waals surface area contributed by atoms with Crippen molar-refractivity contribution < 1.29 is 9.59 Å². The normalized spacial score (nSPS) is 19.0. The Kier molecular flexibility index (Phi) is 4.15. The SMILES string of the molecule is Cc1cccc(NC(=O)c2ccc3c(c2)N(C)[C@@H]2CCCCN2C3=O)c1. The second-order valence-corrected chi connectivity index (χ2v) is 7.14. The number of rotatable bonds is 2. The number of carbonyl (C=O) groups is 2. The van der Waals surface area contributed by atoms with E-state index in [1.54, 1.807) is 12.1 Å². The molecule has 0 aromatic heterocycles. The molecule has 1 atom stereocenters. The van der Waals surface area contributed by atoms with E-state index in [1.807, 2.05) is 49.2 Å². The van der Waals surface area contributed by atoms with E-state index >= 15 is 0 Å². The van der Waals surface area contributed by atoms with Crippen LogP contribution in [0.1, 0.15) is 45.5 Å². The fourth-order valence-corrected chi connectivity index (χ4v) is 3.94. The first kappa shape index (κ1) is 16.6. The van der Waals surface area contributed by atoms with Crippen LogP contribution in [0.3, 0.4) is 0 Å². The van der Waals surface area contributed by atoms with Gasteiger partial charge in [0.2, 0.25) is 0 Å². The van der Waals surface area contributed by atoms with Gasteiger partial charge in [-0.25, -0.2) is 0 Å². The van der Waals surface area contributed by atoms with Crippen LogP contribution in [0, 0.1) is 6.92 Å². The fourth-order valence-electron chi connectivity index (χ4n) is 3.94. The molecule has 0 radical (unpaired) electrons. The van der Waals surface area contributed by atoms with Crippen molar-refractivity contribution in [3.8, 4) is 0 Å². The predicted molar refractivity (Wildman–Crippen MR) is 103 cm³/mol. The topological polar surface area (TPSA) is 52.7 Å². The van der Waals surface area contributed by atoms with E-state index in [2.05, 4.69) is 10.2 Å². The molecule has 1 fully saturated rings. The van der Waals surface area contributed by atoms with Crippen LogP contribution in [0.4, 0.5) is 11.4 Å². The maximum atomic E-state index is 12.8. The lowest BCUT2D eigenvalue weighted by Gasteiger charge is -2.46. The molecule has 0 bridgehead atoms. The maximum Gasteiger partial charge on any atom is 0.257 e. The Balaban J connectivity index is 1.63. The second-order valence-electron chi connectivity index (χ2n) is 7.14. The minimum atomic E-state index is -0.162. The predicted octanol–water partition coefficient (Wildman–Crippen LogP) is 3.65. The molecular weight excluding hydrogens is 326 g/mol. The minimum absolute atomic E-state index is 0.0773. The summed E-state index contributed by atoms with van der Waals surface area (Å²) in [4.78, 5) is 29.6. The summed E-state index contributed by atoms with van der Waals surface area (Å²) in [5, 5.41) is 2.94. The highest BCUT2D eigenvalue weighted by molar-refractivity contribution is 6.08. The third-order valence-corrected chi connectivity index (χ3v) is 5.33. The van der Waals surface area contributed by atoms with Crippen molar-refractivity contribution in [1.29, 1.82) is 0 Å². The number of piperidine rings is 1. The van der Waals surface area contributed by atoms with Gasteiger partial charge in [-0.2, -0.15) is 0 Å². The lowest BCUT2D eigenvalue weighted by atomic mass is 9.97. The number of anilines is 2. The van der Waals surface area contributed by atoms with E-state index < -0.39 is 0 Å². The number of hydrogen-bond donors (Lipinski definition) is 1. The van der Waals surface area contributed by atoms with Gasteiger partial charge in [0.1, 0.15) is 6.17 Å². The third-order valence-electron chi connectivity index (χ3n) is 5.33. The van der Waals surface area contributed by atoms with Crippen molar-refractivity contribution in [3.63, 3.8) is 0 Å². The number of nitrogens with zero attached hydrogens (tertiary/aromatic N) is 2. The molecule has 1 N–H and O–H groups in total.